The van der Waals surface area contributed by atoms with Crippen molar-refractivity contribution in [2.24, 2.45) is 29.1 Å². The van der Waals surface area contributed by atoms with E-state index in [1.54, 1.807) is 5.57 Å². The van der Waals surface area contributed by atoms with Crippen molar-refractivity contribution in [1.29, 1.82) is 0 Å². The second-order valence-corrected chi connectivity index (χ2v) is 19.4. The van der Waals surface area contributed by atoms with Gasteiger partial charge >= 0.3 is 0 Å². The molecule has 0 amide bonds. The first-order valence-electron chi connectivity index (χ1n) is 25.8. The molecule has 1 aliphatic heterocycles. The van der Waals surface area contributed by atoms with Crippen molar-refractivity contribution >= 4 is 5.57 Å². The summed E-state index contributed by atoms with van der Waals surface area (Å²) in [4.78, 5) is 0. The van der Waals surface area contributed by atoms with Gasteiger partial charge in [-0.2, -0.15) is 0 Å². The van der Waals surface area contributed by atoms with Crippen LogP contribution in [0.3, 0.4) is 0 Å². The van der Waals surface area contributed by atoms with Crippen molar-refractivity contribution in [3.05, 3.63) is 138 Å². The molecule has 2 aromatic carbocycles. The molecule has 0 radical (unpaired) electrons. The van der Waals surface area contributed by atoms with Gasteiger partial charge in [0.05, 0.1) is 0 Å². The first kappa shape index (κ1) is 61.9. The first-order chi connectivity index (χ1) is 30.0. The van der Waals surface area contributed by atoms with Crippen LogP contribution in [-0.2, 0) is 6.42 Å². The smallest absolute Gasteiger partial charge is 0.00326 e. The van der Waals surface area contributed by atoms with Gasteiger partial charge in [0.25, 0.3) is 0 Å². The van der Waals surface area contributed by atoms with E-state index in [4.69, 9.17) is 0 Å². The molecule has 2 aromatic rings. The van der Waals surface area contributed by atoms with Gasteiger partial charge in [-0.3, -0.25) is 0 Å². The summed E-state index contributed by atoms with van der Waals surface area (Å²) in [5.41, 5.74) is 12.9. The predicted octanol–water partition coefficient (Wildman–Crippen LogP) is 19.8. The van der Waals surface area contributed by atoms with Crippen LogP contribution in [0.2, 0.25) is 0 Å². The molecule has 1 heterocycles. The molecule has 1 saturated heterocycles. The van der Waals surface area contributed by atoms with Gasteiger partial charge in [-0.15, -0.1) is 13.2 Å². The molecule has 4 unspecified atom stereocenters. The lowest BCUT2D eigenvalue weighted by molar-refractivity contribution is 0.288. The van der Waals surface area contributed by atoms with Gasteiger partial charge in [-0.25, -0.2) is 0 Å². The van der Waals surface area contributed by atoms with E-state index in [-0.39, 0.29) is 5.41 Å². The van der Waals surface area contributed by atoms with Gasteiger partial charge < -0.3 is 5.32 Å². The Morgan fingerprint density at radius 1 is 0.762 bits per heavy atom. The molecule has 0 saturated carbocycles. The van der Waals surface area contributed by atoms with Crippen LogP contribution in [0.4, 0.5) is 0 Å². The minimum Gasteiger partial charge on any atom is -0.316 e. The maximum Gasteiger partial charge on any atom is 0.00326 e. The topological polar surface area (TPSA) is 12.0 Å². The zero-order chi connectivity index (χ0) is 48.2. The van der Waals surface area contributed by atoms with Crippen molar-refractivity contribution in [3.63, 3.8) is 0 Å². The van der Waals surface area contributed by atoms with E-state index in [1.807, 2.05) is 19.9 Å². The molecule has 0 aromatic heterocycles. The molecule has 4 rings (SSSR count). The minimum atomic E-state index is 0.270. The third-order valence-electron chi connectivity index (χ3n) is 12.4. The molecule has 2 aliphatic rings. The van der Waals surface area contributed by atoms with Crippen molar-refractivity contribution in [1.82, 2.24) is 5.32 Å². The summed E-state index contributed by atoms with van der Waals surface area (Å²) in [6.45, 7) is 51.2. The van der Waals surface area contributed by atoms with Gasteiger partial charge in [0.15, 0.2) is 0 Å². The van der Waals surface area contributed by atoms with E-state index >= 15 is 0 Å². The van der Waals surface area contributed by atoms with Crippen molar-refractivity contribution < 1.29 is 0 Å². The van der Waals surface area contributed by atoms with Gasteiger partial charge in [0.1, 0.15) is 0 Å². The number of allylic oxidation sites excluding steroid dienone is 8. The normalized spacial score (nSPS) is 16.6. The third-order valence-corrected chi connectivity index (χ3v) is 12.4. The summed E-state index contributed by atoms with van der Waals surface area (Å²) in [5, 5.41) is 3.37. The lowest BCUT2D eigenvalue weighted by Crippen LogP contribution is -2.22. The standard InChI is InChI=1S/C26H32.C14H26.C9H18.C7H15N.C4H8.C2H6/c1-18-12-13-19(2)24(14-18)23-16-22(15-21-10-8-7-9-11-21)25(17-23)20(3)26(4,5)6;1-5-10-14(4)12-9-7-6-8-11-13(2)3;1-4-6-8-9(3)7-5-2;1-3-7-5-8-4-6(7)2;1-3-4-2;1-2/h7-14,16-17,20,22H,15H2,1-6H3;2,4-12H2,1,3H3;3-8H2,1-2H3;6-8H,3-5H2,1-2H3;3H,1,4H2,2H3;1-2H3. The predicted molar refractivity (Wildman–Crippen MR) is 292 cm³/mol. The molecule has 1 N–H and O–H groups in total. The monoisotopic (exact) mass is 864 g/mol. The van der Waals surface area contributed by atoms with Crippen LogP contribution in [-0.4, -0.2) is 13.1 Å². The fraction of sp³-hybridized carbons (Fsp3) is 0.613. The first-order valence-corrected chi connectivity index (χ1v) is 25.8. The van der Waals surface area contributed by atoms with E-state index < -0.39 is 0 Å². The van der Waals surface area contributed by atoms with Crippen LogP contribution in [0.15, 0.2) is 115 Å². The number of nitrogens with one attached hydrogen (secondary N) is 1. The van der Waals surface area contributed by atoms with Crippen molar-refractivity contribution in [2.75, 3.05) is 13.1 Å². The molecule has 0 bridgehead atoms. The molecule has 1 nitrogen and oxygen atoms in total. The van der Waals surface area contributed by atoms with E-state index in [0.717, 1.165) is 24.7 Å². The molecule has 1 heteroatoms. The fourth-order valence-corrected chi connectivity index (χ4v) is 7.80. The maximum absolute atomic E-state index is 4.08. The second-order valence-electron chi connectivity index (χ2n) is 19.4. The lowest BCUT2D eigenvalue weighted by Gasteiger charge is -2.31. The molecule has 0 spiro atoms. The third kappa shape index (κ3) is 29.8. The summed E-state index contributed by atoms with van der Waals surface area (Å²) in [5.74, 6) is 2.91. The van der Waals surface area contributed by atoms with Crippen LogP contribution in [0.5, 0.6) is 0 Å². The molecule has 63 heavy (non-hydrogen) atoms. The number of rotatable bonds is 20. The van der Waals surface area contributed by atoms with E-state index in [2.05, 4.69) is 182 Å². The Balaban J connectivity index is 0. The van der Waals surface area contributed by atoms with Gasteiger partial charge in [0, 0.05) is 5.92 Å². The van der Waals surface area contributed by atoms with Crippen LogP contribution in [0.25, 0.3) is 5.57 Å². The fourth-order valence-electron chi connectivity index (χ4n) is 7.80. The van der Waals surface area contributed by atoms with Gasteiger partial charge in [-0.1, -0.05) is 229 Å². The summed E-state index contributed by atoms with van der Waals surface area (Å²) in [6, 6.07) is 17.7. The van der Waals surface area contributed by atoms with E-state index in [9.17, 15) is 0 Å². The number of hydrogen-bond donors (Lipinski definition) is 1. The average Bonchev–Trinajstić information content (AvgIpc) is 3.88. The van der Waals surface area contributed by atoms with E-state index in [1.165, 1.54) is 148 Å². The number of unbranched alkanes of at least 4 members (excludes halogenated alkanes) is 4. The largest absolute Gasteiger partial charge is 0.316 e. The highest BCUT2D eigenvalue weighted by Gasteiger charge is 2.31. The SMILES string of the molecule is C=C(C)CCCCCCC(=C)CCC.C=C(CCC)CCCC.C=CCC.CC.CCC1CNCC1C.Cc1ccc(C)c(C2=CC(Cc3ccccc3)C(C(C)C(C)(C)C)=C2)c1. The molecule has 358 valence electrons. The Morgan fingerprint density at radius 3 is 1.76 bits per heavy atom. The van der Waals surface area contributed by atoms with Crippen LogP contribution >= 0.6 is 0 Å². The second kappa shape index (κ2) is 38.1. The minimum absolute atomic E-state index is 0.270. The Bertz CT molecular complexity index is 1540. The molecular weight excluding hydrogens is 759 g/mol. The van der Waals surface area contributed by atoms with Crippen molar-refractivity contribution in [3.8, 4) is 0 Å². The highest BCUT2D eigenvalue weighted by atomic mass is 14.9. The van der Waals surface area contributed by atoms with Gasteiger partial charge in [0.2, 0.25) is 0 Å². The quantitative estimate of drug-likeness (QED) is 0.103. The van der Waals surface area contributed by atoms with E-state index in [0.29, 0.717) is 11.8 Å². The molecule has 1 fully saturated rings. The summed E-state index contributed by atoms with van der Waals surface area (Å²) in [7, 11) is 0. The zero-order valence-corrected chi connectivity index (χ0v) is 44.7. The Labute approximate surface area is 395 Å². The lowest BCUT2D eigenvalue weighted by atomic mass is 9.73. The van der Waals surface area contributed by atoms with Crippen LogP contribution in [0.1, 0.15) is 209 Å². The molecule has 1 aliphatic carbocycles. The summed E-state index contributed by atoms with van der Waals surface area (Å²) in [6.07, 6.45) is 27.0. The Hall–Kier alpha value is -3.16. The summed E-state index contributed by atoms with van der Waals surface area (Å²) >= 11 is 0. The maximum atomic E-state index is 4.08. The van der Waals surface area contributed by atoms with Crippen LogP contribution < -0.4 is 5.32 Å². The Morgan fingerprint density at radius 2 is 1.32 bits per heavy atom. The number of aryl methyl sites for hydroxylation is 2. The number of hydrogen-bond acceptors (Lipinski definition) is 1. The average molecular weight is 865 g/mol. The molecular formula is C62H105N. The van der Waals surface area contributed by atoms with Crippen molar-refractivity contribution in [2.45, 2.75) is 207 Å². The highest BCUT2D eigenvalue weighted by Crippen LogP contribution is 2.43. The van der Waals surface area contributed by atoms with Crippen LogP contribution in [0, 0.1) is 42.9 Å². The van der Waals surface area contributed by atoms with Gasteiger partial charge in [-0.05, 0) is 144 Å². The molecule has 4 atom stereocenters. The summed E-state index contributed by atoms with van der Waals surface area (Å²) < 4.78 is 0. The Kier molecular flexibility index (Phi) is 37.5. The number of benzene rings is 2. The highest BCUT2D eigenvalue weighted by molar-refractivity contribution is 5.80. The zero-order valence-electron chi connectivity index (χ0n) is 44.7.